The molecule has 5 rings (SSSR count). The lowest BCUT2D eigenvalue weighted by Crippen LogP contribution is -2.55. The molecule has 0 radical (unpaired) electrons. The second-order valence-corrected chi connectivity index (χ2v) is 8.36. The number of aromatic amines is 2. The Bertz CT molecular complexity index is 1180. The minimum absolute atomic E-state index is 0.0908. The molecule has 1 fully saturated rings. The van der Waals surface area contributed by atoms with Crippen LogP contribution in [0.25, 0.3) is 22.1 Å². The predicted molar refractivity (Wildman–Crippen MR) is 123 cm³/mol. The van der Waals surface area contributed by atoms with Gasteiger partial charge in [-0.05, 0) is 38.1 Å². The molecule has 4 aromatic rings. The Labute approximate surface area is 185 Å². The number of nitrogens with zero attached hydrogens (tertiary/aromatic N) is 4. The number of H-pyrrole nitrogens is 2. The summed E-state index contributed by atoms with van der Waals surface area (Å²) in [6, 6.07) is 7.06. The average molecular weight is 431 g/mol. The van der Waals surface area contributed by atoms with Crippen LogP contribution in [0, 0.1) is 0 Å². The van der Waals surface area contributed by atoms with Crippen LogP contribution >= 0.6 is 0 Å². The van der Waals surface area contributed by atoms with E-state index >= 15 is 0 Å². The fourth-order valence-electron chi connectivity index (χ4n) is 4.61. The predicted octanol–water partition coefficient (Wildman–Crippen LogP) is 2.90. The summed E-state index contributed by atoms with van der Waals surface area (Å²) in [5.74, 6) is 0.182. The lowest BCUT2D eigenvalue weighted by molar-refractivity contribution is 0.0554. The van der Waals surface area contributed by atoms with E-state index in [1.165, 1.54) is 0 Å². The summed E-state index contributed by atoms with van der Waals surface area (Å²) < 4.78 is 0. The molecule has 1 saturated heterocycles. The lowest BCUT2D eigenvalue weighted by atomic mass is 10.0. The number of nitrogens with one attached hydrogen (secondary N) is 2. The van der Waals surface area contributed by atoms with Gasteiger partial charge in [0, 0.05) is 72.9 Å². The van der Waals surface area contributed by atoms with Crippen molar-refractivity contribution in [3.8, 4) is 0 Å². The Kier molecular flexibility index (Phi) is 5.32. The van der Waals surface area contributed by atoms with Crippen LogP contribution in [0.5, 0.6) is 0 Å². The molecule has 164 valence electrons. The normalized spacial score (nSPS) is 17.6. The van der Waals surface area contributed by atoms with Gasteiger partial charge >= 0.3 is 0 Å². The molecule has 8 heteroatoms. The van der Waals surface area contributed by atoms with E-state index in [1.807, 2.05) is 38.1 Å². The second kappa shape index (κ2) is 8.29. The average Bonchev–Trinajstić information content (AvgIpc) is 3.47. The number of pyridine rings is 2. The van der Waals surface area contributed by atoms with Gasteiger partial charge in [-0.3, -0.25) is 19.4 Å². The molecule has 8 nitrogen and oxygen atoms in total. The first kappa shape index (κ1) is 20.5. The fourth-order valence-corrected chi connectivity index (χ4v) is 4.61. The first-order valence-corrected chi connectivity index (χ1v) is 11.0. The van der Waals surface area contributed by atoms with Crippen LogP contribution in [0.4, 0.5) is 0 Å². The summed E-state index contributed by atoms with van der Waals surface area (Å²) in [5.41, 5.74) is 2.82. The van der Waals surface area contributed by atoms with Crippen LogP contribution in [0.3, 0.4) is 0 Å². The molecule has 2 unspecified atom stereocenters. The Hall–Kier alpha value is -3.36. The summed E-state index contributed by atoms with van der Waals surface area (Å²) in [6.07, 6.45) is 6.93. The van der Waals surface area contributed by atoms with E-state index < -0.39 is 0 Å². The quantitative estimate of drug-likeness (QED) is 0.457. The van der Waals surface area contributed by atoms with Crippen molar-refractivity contribution in [1.29, 1.82) is 0 Å². The number of rotatable bonds is 6. The van der Waals surface area contributed by atoms with Crippen molar-refractivity contribution in [2.75, 3.05) is 26.2 Å². The van der Waals surface area contributed by atoms with Gasteiger partial charge in [-0.15, -0.1) is 0 Å². The highest BCUT2D eigenvalue weighted by atomic mass is 16.1. The van der Waals surface area contributed by atoms with Gasteiger partial charge in [0.05, 0.1) is 12.1 Å². The molecule has 0 aliphatic carbocycles. The smallest absolute Gasteiger partial charge is 0.181 e. The summed E-state index contributed by atoms with van der Waals surface area (Å²) >= 11 is 0. The largest absolute Gasteiger partial charge is 0.345 e. The van der Waals surface area contributed by atoms with Crippen LogP contribution in [-0.4, -0.2) is 79.6 Å². The molecular weight excluding hydrogens is 404 g/mol. The van der Waals surface area contributed by atoms with Crippen LogP contribution in [-0.2, 0) is 0 Å². The topological polar surface area (TPSA) is 98.0 Å². The third-order valence-corrected chi connectivity index (χ3v) is 6.64. The Morgan fingerprint density at radius 2 is 1.19 bits per heavy atom. The first-order chi connectivity index (χ1) is 15.5. The summed E-state index contributed by atoms with van der Waals surface area (Å²) in [6.45, 7) is 6.86. The Morgan fingerprint density at radius 1 is 0.781 bits per heavy atom. The molecule has 0 bridgehead atoms. The van der Waals surface area contributed by atoms with Crippen LogP contribution in [0.2, 0.25) is 0 Å². The molecule has 0 saturated carbocycles. The van der Waals surface area contributed by atoms with Gasteiger partial charge in [0.2, 0.25) is 0 Å². The molecule has 4 aromatic heterocycles. The zero-order chi connectivity index (χ0) is 22.2. The maximum atomic E-state index is 13.2. The van der Waals surface area contributed by atoms with Gasteiger partial charge in [0.15, 0.2) is 11.6 Å². The van der Waals surface area contributed by atoms with E-state index in [4.69, 9.17) is 0 Å². The van der Waals surface area contributed by atoms with E-state index in [1.54, 1.807) is 24.8 Å². The van der Waals surface area contributed by atoms with Crippen molar-refractivity contribution in [1.82, 2.24) is 29.7 Å². The number of carbonyl (C=O) groups excluding carboxylic acids is 2. The molecular formula is C24H26N6O2. The number of carbonyl (C=O) groups is 2. The van der Waals surface area contributed by atoms with E-state index in [-0.39, 0.29) is 23.7 Å². The number of ketones is 2. The molecule has 5 heterocycles. The maximum Gasteiger partial charge on any atom is 0.181 e. The standard InChI is InChI=1S/C24H26N6O2/c1-15(21(31)19-13-27-23-17(19)5-3-7-25-23)29-9-11-30(12-10-29)16(2)22(32)20-14-28-24-18(20)6-4-8-26-24/h3-8,13-16H,9-12H2,1-2H3,(H,25,27)(H,26,28). The number of hydrogen-bond acceptors (Lipinski definition) is 6. The van der Waals surface area contributed by atoms with Crippen molar-refractivity contribution >= 4 is 33.6 Å². The highest BCUT2D eigenvalue weighted by molar-refractivity contribution is 6.10. The molecule has 1 aliphatic rings. The Balaban J connectivity index is 1.24. The van der Waals surface area contributed by atoms with Crippen molar-refractivity contribution in [3.63, 3.8) is 0 Å². The molecule has 0 aromatic carbocycles. The summed E-state index contributed by atoms with van der Waals surface area (Å²) in [7, 11) is 0. The molecule has 0 amide bonds. The maximum absolute atomic E-state index is 13.2. The van der Waals surface area contributed by atoms with Gasteiger partial charge in [-0.2, -0.15) is 0 Å². The van der Waals surface area contributed by atoms with Crippen molar-refractivity contribution < 1.29 is 9.59 Å². The third-order valence-electron chi connectivity index (χ3n) is 6.64. The molecule has 2 N–H and O–H groups in total. The van der Waals surface area contributed by atoms with Gasteiger partial charge in [0.1, 0.15) is 11.3 Å². The minimum Gasteiger partial charge on any atom is -0.345 e. The van der Waals surface area contributed by atoms with E-state index in [0.29, 0.717) is 11.1 Å². The van der Waals surface area contributed by atoms with E-state index in [9.17, 15) is 9.59 Å². The number of hydrogen-bond donors (Lipinski definition) is 2. The van der Waals surface area contributed by atoms with E-state index in [2.05, 4.69) is 29.7 Å². The fraction of sp³-hybridized carbons (Fsp3) is 0.333. The zero-order valence-electron chi connectivity index (χ0n) is 18.2. The molecule has 1 aliphatic heterocycles. The van der Waals surface area contributed by atoms with Crippen LogP contribution < -0.4 is 0 Å². The molecule has 2 atom stereocenters. The van der Waals surface area contributed by atoms with Crippen LogP contribution in [0.15, 0.2) is 49.1 Å². The third kappa shape index (κ3) is 3.51. The molecule has 0 spiro atoms. The zero-order valence-corrected chi connectivity index (χ0v) is 18.2. The minimum atomic E-state index is -0.234. The number of piperazine rings is 1. The highest BCUT2D eigenvalue weighted by Gasteiger charge is 2.31. The summed E-state index contributed by atoms with van der Waals surface area (Å²) in [5, 5.41) is 1.71. The Morgan fingerprint density at radius 3 is 1.59 bits per heavy atom. The lowest BCUT2D eigenvalue weighted by Gasteiger charge is -2.39. The van der Waals surface area contributed by atoms with Crippen molar-refractivity contribution in [2.24, 2.45) is 0 Å². The second-order valence-electron chi connectivity index (χ2n) is 8.36. The highest BCUT2D eigenvalue weighted by Crippen LogP contribution is 2.22. The molecule has 32 heavy (non-hydrogen) atoms. The number of fused-ring (bicyclic) bond motifs is 2. The monoisotopic (exact) mass is 430 g/mol. The number of aromatic nitrogens is 4. The SMILES string of the molecule is CC(C(=O)c1c[nH]c2ncccc12)N1CCN(C(C)C(=O)c2c[nH]c3ncccc23)CC1. The van der Waals surface area contributed by atoms with Gasteiger partial charge in [-0.1, -0.05) is 0 Å². The van der Waals surface area contributed by atoms with Crippen molar-refractivity contribution in [3.05, 3.63) is 60.2 Å². The van der Waals surface area contributed by atoms with Gasteiger partial charge in [-0.25, -0.2) is 9.97 Å². The number of Topliss-reactive ketones (excluding diaryl/α,β-unsaturated/α-hetero) is 2. The van der Waals surface area contributed by atoms with Gasteiger partial charge in [0.25, 0.3) is 0 Å². The first-order valence-electron chi connectivity index (χ1n) is 11.0. The van der Waals surface area contributed by atoms with Crippen LogP contribution in [0.1, 0.15) is 34.6 Å². The van der Waals surface area contributed by atoms with E-state index in [0.717, 1.165) is 48.2 Å². The summed E-state index contributed by atoms with van der Waals surface area (Å²) in [4.78, 5) is 45.4. The van der Waals surface area contributed by atoms with Gasteiger partial charge < -0.3 is 9.97 Å². The van der Waals surface area contributed by atoms with Crippen molar-refractivity contribution in [2.45, 2.75) is 25.9 Å².